The average Bonchev–Trinajstić information content (AvgIpc) is 2.49. The fraction of sp³-hybridized carbons (Fsp3) is 0.600. The zero-order valence-corrected chi connectivity index (χ0v) is 8.76. The maximum atomic E-state index is 10.8. The quantitative estimate of drug-likeness (QED) is 0.634. The van der Waals surface area contributed by atoms with Gasteiger partial charge in [0.1, 0.15) is 0 Å². The van der Waals surface area contributed by atoms with Crippen LogP contribution in [-0.2, 0) is 4.79 Å². The minimum Gasteiger partial charge on any atom is -0.481 e. The summed E-state index contributed by atoms with van der Waals surface area (Å²) in [6.07, 6.45) is 2.36. The first-order valence-electron chi connectivity index (χ1n) is 4.80. The highest BCUT2D eigenvalue weighted by atomic mass is 16.4. The van der Waals surface area contributed by atoms with Crippen molar-refractivity contribution < 1.29 is 15.0 Å². The Hall–Kier alpha value is -1.36. The molecule has 0 aromatic carbocycles. The summed E-state index contributed by atoms with van der Waals surface area (Å²) >= 11 is 0. The van der Waals surface area contributed by atoms with Crippen LogP contribution in [0.2, 0.25) is 0 Å². The van der Waals surface area contributed by atoms with E-state index in [2.05, 4.69) is 11.6 Å². The maximum Gasteiger partial charge on any atom is 0.305 e. The Morgan fingerprint density at radius 3 is 3.00 bits per heavy atom. The van der Waals surface area contributed by atoms with Crippen LogP contribution in [0.15, 0.2) is 17.6 Å². The second-order valence-electron chi connectivity index (χ2n) is 3.75. The molecule has 1 heterocycles. The number of rotatable bonds is 5. The van der Waals surface area contributed by atoms with Crippen LogP contribution in [0.4, 0.5) is 0 Å². The van der Waals surface area contributed by atoms with Crippen LogP contribution in [0, 0.1) is 0 Å². The number of carbonyl (C=O) groups is 1. The van der Waals surface area contributed by atoms with Crippen LogP contribution >= 0.6 is 0 Å². The van der Waals surface area contributed by atoms with Crippen molar-refractivity contribution in [1.29, 1.82) is 0 Å². The number of carboxylic acids is 1. The normalized spacial score (nSPS) is 26.7. The molecular formula is C10H16N2O3. The molecule has 1 aliphatic heterocycles. The minimum atomic E-state index is -0.935. The highest BCUT2D eigenvalue weighted by Crippen LogP contribution is 2.27. The van der Waals surface area contributed by atoms with Crippen molar-refractivity contribution in [3.63, 3.8) is 0 Å². The van der Waals surface area contributed by atoms with Crippen LogP contribution in [-0.4, -0.2) is 52.2 Å². The molecule has 5 nitrogen and oxygen atoms in total. The third-order valence-electron chi connectivity index (χ3n) is 2.72. The van der Waals surface area contributed by atoms with Gasteiger partial charge in [0.05, 0.1) is 30.9 Å². The highest BCUT2D eigenvalue weighted by Gasteiger charge is 2.44. The van der Waals surface area contributed by atoms with Gasteiger partial charge in [-0.25, -0.2) is 0 Å². The van der Waals surface area contributed by atoms with E-state index >= 15 is 0 Å². The third kappa shape index (κ3) is 2.18. The summed E-state index contributed by atoms with van der Waals surface area (Å²) in [4.78, 5) is 16.6. The fourth-order valence-corrected chi connectivity index (χ4v) is 1.81. The van der Waals surface area contributed by atoms with Crippen LogP contribution in [0.25, 0.3) is 0 Å². The van der Waals surface area contributed by atoms with Crippen LogP contribution in [0.5, 0.6) is 0 Å². The summed E-state index contributed by atoms with van der Waals surface area (Å²) in [6, 6.07) is 0. The molecule has 84 valence electrons. The van der Waals surface area contributed by atoms with Crippen molar-refractivity contribution in [1.82, 2.24) is 4.90 Å². The van der Waals surface area contributed by atoms with Gasteiger partial charge in [-0.05, 0) is 6.92 Å². The number of nitrogens with zero attached hydrogens (tertiary/aromatic N) is 2. The van der Waals surface area contributed by atoms with Gasteiger partial charge in [0.2, 0.25) is 0 Å². The molecule has 0 fully saturated rings. The van der Waals surface area contributed by atoms with Gasteiger partial charge >= 0.3 is 5.97 Å². The first kappa shape index (κ1) is 11.7. The Morgan fingerprint density at radius 1 is 1.87 bits per heavy atom. The second kappa shape index (κ2) is 4.44. The lowest BCUT2D eigenvalue weighted by atomic mass is 9.88. The molecular weight excluding hydrogens is 196 g/mol. The average molecular weight is 212 g/mol. The molecule has 1 rings (SSSR count). The molecule has 5 heteroatoms. The van der Waals surface area contributed by atoms with Gasteiger partial charge in [0, 0.05) is 6.54 Å². The molecule has 0 amide bonds. The predicted octanol–water partition coefficient (Wildman–Crippen LogP) is 0.111. The maximum absolute atomic E-state index is 10.8. The van der Waals surface area contributed by atoms with Crippen LogP contribution in [0.1, 0.15) is 13.3 Å². The molecule has 0 spiro atoms. The molecule has 0 aromatic rings. The van der Waals surface area contributed by atoms with Crippen molar-refractivity contribution >= 4 is 12.3 Å². The van der Waals surface area contributed by atoms with E-state index in [1.807, 2.05) is 0 Å². The molecule has 2 N–H and O–H groups in total. The van der Waals surface area contributed by atoms with E-state index in [9.17, 15) is 9.90 Å². The van der Waals surface area contributed by atoms with Crippen molar-refractivity contribution in [2.75, 3.05) is 13.1 Å². The fourth-order valence-electron chi connectivity index (χ4n) is 1.81. The topological polar surface area (TPSA) is 73.1 Å². The smallest absolute Gasteiger partial charge is 0.305 e. The van der Waals surface area contributed by atoms with E-state index in [1.54, 1.807) is 24.2 Å². The van der Waals surface area contributed by atoms with Gasteiger partial charge in [0.25, 0.3) is 0 Å². The molecule has 2 atom stereocenters. The lowest BCUT2D eigenvalue weighted by Crippen LogP contribution is -2.55. The molecule has 15 heavy (non-hydrogen) atoms. The molecule has 0 aromatic heterocycles. The molecule has 0 radical (unpaired) electrons. The Labute approximate surface area is 88.7 Å². The van der Waals surface area contributed by atoms with Gasteiger partial charge in [-0.2, -0.15) is 0 Å². The minimum absolute atomic E-state index is 0.126. The van der Waals surface area contributed by atoms with Crippen molar-refractivity contribution in [3.8, 4) is 0 Å². The monoisotopic (exact) mass is 212 g/mol. The number of carboxylic acid groups (broad SMARTS) is 1. The number of hydrogen-bond donors (Lipinski definition) is 2. The van der Waals surface area contributed by atoms with Crippen molar-refractivity contribution in [3.05, 3.63) is 12.7 Å². The number of aliphatic hydroxyl groups excluding tert-OH is 1. The van der Waals surface area contributed by atoms with Crippen molar-refractivity contribution in [2.24, 2.45) is 4.99 Å². The Balaban J connectivity index is 2.89. The molecule has 1 aliphatic rings. The predicted molar refractivity (Wildman–Crippen MR) is 56.9 cm³/mol. The third-order valence-corrected chi connectivity index (χ3v) is 2.72. The Morgan fingerprint density at radius 2 is 2.53 bits per heavy atom. The van der Waals surface area contributed by atoms with Crippen LogP contribution in [0.3, 0.4) is 0 Å². The SMILES string of the molecule is C=CCN1C=NCC1(CC(=O)O)C(C)O. The summed E-state index contributed by atoms with van der Waals surface area (Å²) in [5.74, 6) is -0.935. The van der Waals surface area contributed by atoms with E-state index in [-0.39, 0.29) is 6.42 Å². The van der Waals surface area contributed by atoms with Gasteiger partial charge in [-0.15, -0.1) is 6.58 Å². The molecule has 0 aliphatic carbocycles. The number of aliphatic carboxylic acids is 1. The zero-order valence-electron chi connectivity index (χ0n) is 8.76. The number of aliphatic imine (C=N–C) groups is 1. The van der Waals surface area contributed by atoms with E-state index in [4.69, 9.17) is 5.11 Å². The largest absolute Gasteiger partial charge is 0.481 e. The van der Waals surface area contributed by atoms with Crippen LogP contribution < -0.4 is 0 Å². The van der Waals surface area contributed by atoms with Gasteiger partial charge in [-0.3, -0.25) is 9.79 Å². The number of aliphatic hydroxyl groups is 1. The molecule has 0 saturated carbocycles. The Kier molecular flexibility index (Phi) is 3.47. The highest BCUT2D eigenvalue weighted by molar-refractivity contribution is 5.71. The van der Waals surface area contributed by atoms with E-state index in [0.717, 1.165) is 0 Å². The first-order chi connectivity index (χ1) is 7.03. The summed E-state index contributed by atoms with van der Waals surface area (Å²) in [5, 5.41) is 18.6. The van der Waals surface area contributed by atoms with E-state index < -0.39 is 17.6 Å². The summed E-state index contributed by atoms with van der Waals surface area (Å²) < 4.78 is 0. The first-order valence-corrected chi connectivity index (χ1v) is 4.80. The van der Waals surface area contributed by atoms with Gasteiger partial charge in [0.15, 0.2) is 0 Å². The molecule has 0 saturated heterocycles. The molecule has 0 bridgehead atoms. The van der Waals surface area contributed by atoms with Gasteiger partial charge in [-0.1, -0.05) is 6.08 Å². The van der Waals surface area contributed by atoms with E-state index in [0.29, 0.717) is 13.1 Å². The zero-order chi connectivity index (χ0) is 11.5. The standard InChI is InChI=1S/C10H16N2O3/c1-3-4-12-7-11-6-10(12,8(2)13)5-9(14)15/h3,7-8,13H,1,4-6H2,2H3,(H,14,15). The molecule has 2 unspecified atom stereocenters. The van der Waals surface area contributed by atoms with Gasteiger partial charge < -0.3 is 15.1 Å². The lowest BCUT2D eigenvalue weighted by molar-refractivity contribution is -0.141. The second-order valence-corrected chi connectivity index (χ2v) is 3.75. The summed E-state index contributed by atoms with van der Waals surface area (Å²) in [7, 11) is 0. The summed E-state index contributed by atoms with van der Waals surface area (Å²) in [6.45, 7) is 5.98. The number of hydrogen-bond acceptors (Lipinski definition) is 4. The van der Waals surface area contributed by atoms with E-state index in [1.165, 1.54) is 0 Å². The Bertz CT molecular complexity index is 288. The summed E-state index contributed by atoms with van der Waals surface area (Å²) in [5.41, 5.74) is -0.819. The van der Waals surface area contributed by atoms with Crippen molar-refractivity contribution in [2.45, 2.75) is 25.0 Å². The lowest BCUT2D eigenvalue weighted by Gasteiger charge is -2.38.